The van der Waals surface area contributed by atoms with Gasteiger partial charge in [0.25, 0.3) is 5.91 Å². The standard InChI is InChI=1S/C23H24N8O2/c1-14-10-16(8-9-17(14)22(33)24-2)28-23-25-11-18(20-26-13-27-31-20)21(30-23)29-19(12-32)15-6-4-3-5-7-15/h3-11,13,19,32H,12H2,1-2H3,(H,24,33)(H,26,27,31)(H2,25,28,29,30)/t19-/m1/s1. The zero-order valence-corrected chi connectivity index (χ0v) is 18.2. The molecule has 168 valence electrons. The maximum atomic E-state index is 11.9. The van der Waals surface area contributed by atoms with Crippen LogP contribution in [0.3, 0.4) is 0 Å². The van der Waals surface area contributed by atoms with Gasteiger partial charge in [0, 0.05) is 24.5 Å². The monoisotopic (exact) mass is 444 g/mol. The molecule has 0 saturated carbocycles. The van der Waals surface area contributed by atoms with Gasteiger partial charge in [0.1, 0.15) is 12.1 Å². The third-order valence-electron chi connectivity index (χ3n) is 5.11. The van der Waals surface area contributed by atoms with E-state index >= 15 is 0 Å². The van der Waals surface area contributed by atoms with Crippen LogP contribution in [-0.2, 0) is 0 Å². The van der Waals surface area contributed by atoms with Crippen LogP contribution in [0.25, 0.3) is 11.4 Å². The number of carbonyl (C=O) groups excluding carboxylic acids is 1. The number of aliphatic hydroxyl groups excluding tert-OH is 1. The van der Waals surface area contributed by atoms with Crippen LogP contribution in [0.2, 0.25) is 0 Å². The average Bonchev–Trinajstić information content (AvgIpc) is 3.37. The highest BCUT2D eigenvalue weighted by molar-refractivity contribution is 5.95. The van der Waals surface area contributed by atoms with Crippen molar-refractivity contribution in [3.05, 3.63) is 77.7 Å². The SMILES string of the molecule is CNC(=O)c1ccc(Nc2ncc(-c3ncn[nH]3)c(N[C@H](CO)c3ccccc3)n2)cc1C. The van der Waals surface area contributed by atoms with Crippen LogP contribution < -0.4 is 16.0 Å². The Bertz CT molecular complexity index is 1230. The molecule has 33 heavy (non-hydrogen) atoms. The molecule has 0 aliphatic heterocycles. The lowest BCUT2D eigenvalue weighted by Crippen LogP contribution is -2.19. The van der Waals surface area contributed by atoms with E-state index in [-0.39, 0.29) is 18.6 Å². The Labute approximate surface area is 190 Å². The van der Waals surface area contributed by atoms with E-state index in [1.165, 1.54) is 6.33 Å². The second kappa shape index (κ2) is 9.88. The molecule has 0 bridgehead atoms. The molecule has 0 spiro atoms. The first kappa shape index (κ1) is 21.9. The molecule has 0 unspecified atom stereocenters. The fourth-order valence-electron chi connectivity index (χ4n) is 3.41. The highest BCUT2D eigenvalue weighted by Crippen LogP contribution is 2.28. The molecule has 1 amide bonds. The van der Waals surface area contributed by atoms with Crippen molar-refractivity contribution in [3.8, 4) is 11.4 Å². The number of H-pyrrole nitrogens is 1. The van der Waals surface area contributed by atoms with E-state index < -0.39 is 0 Å². The number of rotatable bonds is 8. The van der Waals surface area contributed by atoms with Crippen molar-refractivity contribution in [2.45, 2.75) is 13.0 Å². The van der Waals surface area contributed by atoms with Gasteiger partial charge in [-0.15, -0.1) is 0 Å². The molecule has 0 radical (unpaired) electrons. The largest absolute Gasteiger partial charge is 0.394 e. The maximum absolute atomic E-state index is 11.9. The molecule has 4 aromatic rings. The summed E-state index contributed by atoms with van der Waals surface area (Å²) in [4.78, 5) is 25.2. The van der Waals surface area contributed by atoms with Crippen LogP contribution in [-0.4, -0.2) is 49.8 Å². The van der Waals surface area contributed by atoms with E-state index in [0.29, 0.717) is 28.7 Å². The van der Waals surface area contributed by atoms with Crippen LogP contribution >= 0.6 is 0 Å². The number of anilines is 3. The van der Waals surface area contributed by atoms with Crippen LogP contribution in [0.5, 0.6) is 0 Å². The number of aryl methyl sites for hydroxylation is 1. The number of aromatic amines is 1. The normalized spacial score (nSPS) is 11.6. The molecule has 0 fully saturated rings. The summed E-state index contributed by atoms with van der Waals surface area (Å²) in [7, 11) is 1.60. The third-order valence-corrected chi connectivity index (χ3v) is 5.11. The van der Waals surface area contributed by atoms with E-state index in [1.807, 2.05) is 43.3 Å². The molecule has 10 heteroatoms. The molecule has 4 rings (SSSR count). The quantitative estimate of drug-likeness (QED) is 0.279. The molecule has 0 aliphatic carbocycles. The minimum Gasteiger partial charge on any atom is -0.394 e. The van der Waals surface area contributed by atoms with Crippen LogP contribution in [0.4, 0.5) is 17.5 Å². The predicted octanol–water partition coefficient (Wildman–Crippen LogP) is 2.82. The van der Waals surface area contributed by atoms with E-state index in [4.69, 9.17) is 0 Å². The minimum absolute atomic E-state index is 0.132. The van der Waals surface area contributed by atoms with Crippen molar-refractivity contribution in [2.24, 2.45) is 0 Å². The Morgan fingerprint density at radius 2 is 1.97 bits per heavy atom. The van der Waals surface area contributed by atoms with E-state index in [0.717, 1.165) is 16.8 Å². The summed E-state index contributed by atoms with van der Waals surface area (Å²) in [6.45, 7) is 1.73. The van der Waals surface area contributed by atoms with Crippen molar-refractivity contribution in [1.29, 1.82) is 0 Å². The number of nitrogens with one attached hydrogen (secondary N) is 4. The Kier molecular flexibility index (Phi) is 6.56. The van der Waals surface area contributed by atoms with Crippen molar-refractivity contribution in [1.82, 2.24) is 30.5 Å². The second-order valence-corrected chi connectivity index (χ2v) is 7.31. The Hall–Kier alpha value is -4.31. The number of aromatic nitrogens is 5. The van der Waals surface area contributed by atoms with Gasteiger partial charge < -0.3 is 21.1 Å². The predicted molar refractivity (Wildman–Crippen MR) is 125 cm³/mol. The Morgan fingerprint density at radius 3 is 2.64 bits per heavy atom. The Morgan fingerprint density at radius 1 is 1.15 bits per heavy atom. The van der Waals surface area contributed by atoms with E-state index in [2.05, 4.69) is 41.1 Å². The van der Waals surface area contributed by atoms with Gasteiger partial charge in [0.2, 0.25) is 5.95 Å². The van der Waals surface area contributed by atoms with Crippen molar-refractivity contribution in [3.63, 3.8) is 0 Å². The van der Waals surface area contributed by atoms with Gasteiger partial charge in [-0.2, -0.15) is 10.1 Å². The lowest BCUT2D eigenvalue weighted by Gasteiger charge is -2.19. The van der Waals surface area contributed by atoms with Crippen molar-refractivity contribution < 1.29 is 9.90 Å². The van der Waals surface area contributed by atoms with Gasteiger partial charge >= 0.3 is 0 Å². The molecular weight excluding hydrogens is 420 g/mol. The number of aliphatic hydroxyl groups is 1. The highest BCUT2D eigenvalue weighted by atomic mass is 16.3. The lowest BCUT2D eigenvalue weighted by atomic mass is 10.1. The molecule has 2 aromatic carbocycles. The molecule has 0 saturated heterocycles. The zero-order valence-electron chi connectivity index (χ0n) is 18.2. The molecule has 1 atom stereocenters. The molecule has 2 aromatic heterocycles. The lowest BCUT2D eigenvalue weighted by molar-refractivity contribution is 0.0962. The Balaban J connectivity index is 1.65. The molecule has 0 aliphatic rings. The summed E-state index contributed by atoms with van der Waals surface area (Å²) in [5.41, 5.74) is 3.68. The summed E-state index contributed by atoms with van der Waals surface area (Å²) in [6.07, 6.45) is 3.03. The van der Waals surface area contributed by atoms with Gasteiger partial charge in [-0.05, 0) is 36.2 Å². The zero-order chi connectivity index (χ0) is 23.2. The fourth-order valence-corrected chi connectivity index (χ4v) is 3.41. The van der Waals surface area contributed by atoms with Crippen LogP contribution in [0.1, 0.15) is 27.5 Å². The van der Waals surface area contributed by atoms with Crippen molar-refractivity contribution in [2.75, 3.05) is 24.3 Å². The molecule has 2 heterocycles. The summed E-state index contributed by atoms with van der Waals surface area (Å²) >= 11 is 0. The van der Waals surface area contributed by atoms with Gasteiger partial charge in [-0.3, -0.25) is 9.89 Å². The summed E-state index contributed by atoms with van der Waals surface area (Å²) in [5.74, 6) is 1.18. The van der Waals surface area contributed by atoms with Gasteiger partial charge in [-0.25, -0.2) is 9.97 Å². The van der Waals surface area contributed by atoms with Crippen LogP contribution in [0.15, 0.2) is 61.1 Å². The summed E-state index contributed by atoms with van der Waals surface area (Å²) in [6, 6.07) is 14.6. The topological polar surface area (TPSA) is 141 Å². The van der Waals surface area contributed by atoms with Gasteiger partial charge in [0.05, 0.1) is 18.2 Å². The molecule has 5 N–H and O–H groups in total. The van der Waals surface area contributed by atoms with E-state index in [9.17, 15) is 9.90 Å². The van der Waals surface area contributed by atoms with Crippen LogP contribution in [0, 0.1) is 6.92 Å². The molecular formula is C23H24N8O2. The fraction of sp³-hybridized carbons (Fsp3) is 0.174. The number of carbonyl (C=O) groups is 1. The summed E-state index contributed by atoms with van der Waals surface area (Å²) in [5, 5.41) is 25.8. The third kappa shape index (κ3) is 4.96. The first-order valence-corrected chi connectivity index (χ1v) is 10.3. The number of benzene rings is 2. The van der Waals surface area contributed by atoms with Gasteiger partial charge in [-0.1, -0.05) is 30.3 Å². The summed E-state index contributed by atoms with van der Waals surface area (Å²) < 4.78 is 0. The number of hydrogen-bond acceptors (Lipinski definition) is 8. The number of amides is 1. The number of hydrogen-bond donors (Lipinski definition) is 5. The smallest absolute Gasteiger partial charge is 0.251 e. The molecule has 10 nitrogen and oxygen atoms in total. The van der Waals surface area contributed by atoms with Gasteiger partial charge in [0.15, 0.2) is 5.82 Å². The minimum atomic E-state index is -0.385. The van der Waals surface area contributed by atoms with Crippen molar-refractivity contribution >= 4 is 23.4 Å². The first-order valence-electron chi connectivity index (χ1n) is 10.3. The average molecular weight is 444 g/mol. The maximum Gasteiger partial charge on any atom is 0.251 e. The van der Waals surface area contributed by atoms with E-state index in [1.54, 1.807) is 25.4 Å². The number of nitrogens with zero attached hydrogens (tertiary/aromatic N) is 4. The first-order chi connectivity index (χ1) is 16.1. The second-order valence-electron chi connectivity index (χ2n) is 7.31. The highest BCUT2D eigenvalue weighted by Gasteiger charge is 2.17.